The number of ketones is 1. The van der Waals surface area contributed by atoms with E-state index in [-0.39, 0.29) is 5.78 Å². The highest BCUT2D eigenvalue weighted by atomic mass is 16.5. The minimum absolute atomic E-state index is 0.172. The number of nitrogens with one attached hydrogen (secondary N) is 1. The van der Waals surface area contributed by atoms with Crippen molar-refractivity contribution in [1.82, 2.24) is 4.98 Å². The van der Waals surface area contributed by atoms with E-state index in [9.17, 15) is 4.79 Å². The molecule has 0 saturated heterocycles. The van der Waals surface area contributed by atoms with Gasteiger partial charge in [0.15, 0.2) is 5.78 Å². The first kappa shape index (κ1) is 14.1. The minimum atomic E-state index is 0.172. The van der Waals surface area contributed by atoms with E-state index in [0.717, 1.165) is 23.6 Å². The van der Waals surface area contributed by atoms with Crippen molar-refractivity contribution in [3.05, 3.63) is 54.2 Å². The van der Waals surface area contributed by atoms with Crippen LogP contribution in [0.2, 0.25) is 0 Å². The summed E-state index contributed by atoms with van der Waals surface area (Å²) in [5.74, 6) is 1.70. The number of hydrogen-bond acceptors (Lipinski definition) is 4. The number of rotatable bonds is 7. The molecule has 0 radical (unpaired) electrons. The number of nitrogens with zero attached hydrogens (tertiary/aromatic N) is 1. The predicted octanol–water partition coefficient (Wildman–Crippen LogP) is 3.17. The van der Waals surface area contributed by atoms with Crippen molar-refractivity contribution in [3.8, 4) is 5.75 Å². The molecule has 104 valence electrons. The molecule has 2 rings (SSSR count). The Hall–Kier alpha value is -2.36. The molecule has 4 heteroatoms. The van der Waals surface area contributed by atoms with Gasteiger partial charge in [-0.2, -0.15) is 0 Å². The summed E-state index contributed by atoms with van der Waals surface area (Å²) in [4.78, 5) is 16.1. The molecule has 0 aliphatic heterocycles. The van der Waals surface area contributed by atoms with Crippen LogP contribution in [0.15, 0.2) is 48.7 Å². The van der Waals surface area contributed by atoms with Gasteiger partial charge < -0.3 is 10.1 Å². The van der Waals surface area contributed by atoms with Gasteiger partial charge in [0.1, 0.15) is 11.6 Å². The quantitative estimate of drug-likeness (QED) is 0.620. The molecule has 1 N–H and O–H groups in total. The van der Waals surface area contributed by atoms with Gasteiger partial charge in [0.05, 0.1) is 7.11 Å². The minimum Gasteiger partial charge on any atom is -0.497 e. The fourth-order valence-electron chi connectivity index (χ4n) is 1.87. The maximum Gasteiger partial charge on any atom is 0.162 e. The van der Waals surface area contributed by atoms with Gasteiger partial charge in [-0.05, 0) is 12.5 Å². The average Bonchev–Trinajstić information content (AvgIpc) is 2.52. The van der Waals surface area contributed by atoms with Gasteiger partial charge in [-0.25, -0.2) is 4.98 Å². The Labute approximate surface area is 118 Å². The first-order valence-electron chi connectivity index (χ1n) is 6.62. The molecule has 1 aromatic carbocycles. The van der Waals surface area contributed by atoms with Gasteiger partial charge >= 0.3 is 0 Å². The van der Waals surface area contributed by atoms with Crippen molar-refractivity contribution in [2.75, 3.05) is 19.0 Å². The summed E-state index contributed by atoms with van der Waals surface area (Å²) in [6.45, 7) is 0.707. The van der Waals surface area contributed by atoms with Crippen LogP contribution >= 0.6 is 0 Å². The van der Waals surface area contributed by atoms with Gasteiger partial charge in [0, 0.05) is 30.8 Å². The van der Waals surface area contributed by atoms with Crippen LogP contribution < -0.4 is 10.1 Å². The van der Waals surface area contributed by atoms with Crippen molar-refractivity contribution in [1.29, 1.82) is 0 Å². The van der Waals surface area contributed by atoms with E-state index in [1.807, 2.05) is 36.4 Å². The largest absolute Gasteiger partial charge is 0.497 e. The molecule has 0 spiro atoms. The lowest BCUT2D eigenvalue weighted by molar-refractivity contribution is 0.0981. The standard InChI is InChI=1S/C16H18N2O2/c1-20-14-9-11-18-16(12-14)17-10-5-8-15(19)13-6-3-2-4-7-13/h2-4,6-7,9,11-12H,5,8,10H2,1H3,(H,17,18). The maximum atomic E-state index is 11.9. The summed E-state index contributed by atoms with van der Waals surface area (Å²) in [7, 11) is 1.62. The van der Waals surface area contributed by atoms with E-state index >= 15 is 0 Å². The molecule has 1 aromatic heterocycles. The molecular formula is C16H18N2O2. The Morgan fingerprint density at radius 2 is 2.05 bits per heavy atom. The molecule has 0 fully saturated rings. The molecule has 0 aliphatic rings. The molecule has 0 unspecified atom stereocenters. The summed E-state index contributed by atoms with van der Waals surface area (Å²) in [6, 6.07) is 13.0. The third kappa shape index (κ3) is 4.09. The zero-order valence-electron chi connectivity index (χ0n) is 11.5. The molecule has 20 heavy (non-hydrogen) atoms. The SMILES string of the molecule is COc1ccnc(NCCCC(=O)c2ccccc2)c1. The number of methoxy groups -OCH3 is 1. The van der Waals surface area contributed by atoms with Crippen LogP contribution in [0.25, 0.3) is 0 Å². The number of hydrogen-bond donors (Lipinski definition) is 1. The lowest BCUT2D eigenvalue weighted by Crippen LogP contribution is -2.06. The lowest BCUT2D eigenvalue weighted by Gasteiger charge is -2.06. The number of pyridine rings is 1. The Morgan fingerprint density at radius 1 is 1.25 bits per heavy atom. The summed E-state index contributed by atoms with van der Waals surface area (Å²) < 4.78 is 5.12. The lowest BCUT2D eigenvalue weighted by atomic mass is 10.1. The number of ether oxygens (including phenoxy) is 1. The zero-order chi connectivity index (χ0) is 14.2. The second-order valence-electron chi connectivity index (χ2n) is 4.40. The van der Waals surface area contributed by atoms with E-state index < -0.39 is 0 Å². The first-order chi connectivity index (χ1) is 9.79. The number of carbonyl (C=O) groups excluding carboxylic acids is 1. The summed E-state index contributed by atoms with van der Waals surface area (Å²) in [5.41, 5.74) is 0.770. The fourth-order valence-corrected chi connectivity index (χ4v) is 1.87. The Balaban J connectivity index is 1.75. The molecule has 1 heterocycles. The van der Waals surface area contributed by atoms with Crippen molar-refractivity contribution >= 4 is 11.6 Å². The fraction of sp³-hybridized carbons (Fsp3) is 0.250. The average molecular weight is 270 g/mol. The predicted molar refractivity (Wildman–Crippen MR) is 79.3 cm³/mol. The van der Waals surface area contributed by atoms with Crippen molar-refractivity contribution in [2.45, 2.75) is 12.8 Å². The van der Waals surface area contributed by atoms with Crippen LogP contribution in [0.4, 0.5) is 5.82 Å². The summed E-state index contributed by atoms with van der Waals surface area (Å²) >= 11 is 0. The molecule has 0 amide bonds. The van der Waals surface area contributed by atoms with Crippen LogP contribution in [0.1, 0.15) is 23.2 Å². The molecule has 0 aliphatic carbocycles. The molecular weight excluding hydrogens is 252 g/mol. The molecule has 0 bridgehead atoms. The van der Waals surface area contributed by atoms with Crippen LogP contribution in [0.3, 0.4) is 0 Å². The second kappa shape index (κ2) is 7.28. The first-order valence-corrected chi connectivity index (χ1v) is 6.62. The van der Waals surface area contributed by atoms with Crippen LogP contribution in [-0.4, -0.2) is 24.4 Å². The Morgan fingerprint density at radius 3 is 2.80 bits per heavy atom. The second-order valence-corrected chi connectivity index (χ2v) is 4.40. The van der Waals surface area contributed by atoms with Crippen LogP contribution in [-0.2, 0) is 0 Å². The Kier molecular flexibility index (Phi) is 5.12. The number of Topliss-reactive ketones (excluding diaryl/α,β-unsaturated/α-hetero) is 1. The number of carbonyl (C=O) groups is 1. The number of aromatic nitrogens is 1. The molecule has 2 aromatic rings. The van der Waals surface area contributed by atoms with Crippen LogP contribution in [0.5, 0.6) is 5.75 Å². The van der Waals surface area contributed by atoms with Crippen molar-refractivity contribution in [3.63, 3.8) is 0 Å². The third-order valence-corrected chi connectivity index (χ3v) is 2.95. The van der Waals surface area contributed by atoms with Crippen molar-refractivity contribution < 1.29 is 9.53 Å². The van der Waals surface area contributed by atoms with E-state index in [1.54, 1.807) is 19.4 Å². The molecule has 0 saturated carbocycles. The normalized spacial score (nSPS) is 10.1. The van der Waals surface area contributed by atoms with E-state index in [4.69, 9.17) is 4.74 Å². The highest BCUT2D eigenvalue weighted by Gasteiger charge is 2.04. The highest BCUT2D eigenvalue weighted by molar-refractivity contribution is 5.95. The summed E-state index contributed by atoms with van der Waals surface area (Å²) in [6.07, 6.45) is 2.99. The van der Waals surface area contributed by atoms with Gasteiger partial charge in [-0.15, -0.1) is 0 Å². The van der Waals surface area contributed by atoms with Gasteiger partial charge in [-0.3, -0.25) is 4.79 Å². The van der Waals surface area contributed by atoms with Crippen molar-refractivity contribution in [2.24, 2.45) is 0 Å². The van der Waals surface area contributed by atoms with Gasteiger partial charge in [0.25, 0.3) is 0 Å². The summed E-state index contributed by atoms with van der Waals surface area (Å²) in [5, 5.41) is 3.18. The Bertz CT molecular complexity index is 555. The monoisotopic (exact) mass is 270 g/mol. The number of benzene rings is 1. The molecule has 4 nitrogen and oxygen atoms in total. The molecule has 0 atom stereocenters. The third-order valence-electron chi connectivity index (χ3n) is 2.95. The highest BCUT2D eigenvalue weighted by Crippen LogP contribution is 2.13. The maximum absolute atomic E-state index is 11.9. The zero-order valence-corrected chi connectivity index (χ0v) is 11.5. The van der Waals surface area contributed by atoms with E-state index in [0.29, 0.717) is 13.0 Å². The van der Waals surface area contributed by atoms with Crippen LogP contribution in [0, 0.1) is 0 Å². The number of anilines is 1. The smallest absolute Gasteiger partial charge is 0.162 e. The van der Waals surface area contributed by atoms with Gasteiger partial charge in [-0.1, -0.05) is 30.3 Å². The van der Waals surface area contributed by atoms with Gasteiger partial charge in [0.2, 0.25) is 0 Å². The van der Waals surface area contributed by atoms with E-state index in [1.165, 1.54) is 0 Å². The van der Waals surface area contributed by atoms with E-state index in [2.05, 4.69) is 10.3 Å². The topological polar surface area (TPSA) is 51.2 Å².